The van der Waals surface area contributed by atoms with Crippen LogP contribution in [0.5, 0.6) is 0 Å². The van der Waals surface area contributed by atoms with Gasteiger partial charge in [-0.25, -0.2) is 0 Å². The molecule has 0 aliphatic heterocycles. The summed E-state index contributed by atoms with van der Waals surface area (Å²) in [5.41, 5.74) is 3.18. The molecule has 3 N–H and O–H groups in total. The van der Waals surface area contributed by atoms with Gasteiger partial charge in [0.05, 0.1) is 10.9 Å². The zero-order valence-electron chi connectivity index (χ0n) is 14.0. The van der Waals surface area contributed by atoms with Gasteiger partial charge in [0.2, 0.25) is 0 Å². The van der Waals surface area contributed by atoms with Crippen molar-refractivity contribution >= 4 is 50.8 Å². The van der Waals surface area contributed by atoms with E-state index in [4.69, 9.17) is 16.7 Å². The Morgan fingerprint density at radius 3 is 3.04 bits per heavy atom. The number of rotatable bonds is 6. The third-order valence-electron chi connectivity index (χ3n) is 4.75. The van der Waals surface area contributed by atoms with E-state index in [0.717, 1.165) is 22.4 Å². The van der Waals surface area contributed by atoms with Gasteiger partial charge in [-0.15, -0.1) is 11.3 Å². The Morgan fingerprint density at radius 2 is 2.23 bits per heavy atom. The Balaban J connectivity index is 1.51. The van der Waals surface area contributed by atoms with Crippen molar-refractivity contribution in [3.05, 3.63) is 57.6 Å². The first kappa shape index (κ1) is 17.9. The van der Waals surface area contributed by atoms with E-state index in [1.807, 2.05) is 18.2 Å². The lowest BCUT2D eigenvalue weighted by molar-refractivity contribution is 0.0930. The maximum absolute atomic E-state index is 12.8. The third kappa shape index (κ3) is 3.51. The molecule has 0 radical (unpaired) electrons. The number of aromatic nitrogens is 1. The van der Waals surface area contributed by atoms with Gasteiger partial charge in [-0.05, 0) is 29.7 Å². The van der Waals surface area contributed by atoms with Crippen LogP contribution in [0.3, 0.4) is 0 Å². The van der Waals surface area contributed by atoms with Gasteiger partial charge in [0.1, 0.15) is 10.5 Å². The highest BCUT2D eigenvalue weighted by atomic mass is 35.5. The molecule has 3 aromatic rings. The molecular weight excluding hydrogens is 388 g/mol. The van der Waals surface area contributed by atoms with E-state index in [9.17, 15) is 4.79 Å². The second-order valence-corrected chi connectivity index (χ2v) is 9.24. The first-order valence-electron chi connectivity index (χ1n) is 8.51. The molecule has 0 saturated carbocycles. The molecule has 26 heavy (non-hydrogen) atoms. The number of aromatic amines is 1. The molecule has 0 unspecified atom stereocenters. The van der Waals surface area contributed by atoms with Crippen molar-refractivity contribution in [2.24, 2.45) is 0 Å². The summed E-state index contributed by atoms with van der Waals surface area (Å²) in [7, 11) is 0. The van der Waals surface area contributed by atoms with E-state index >= 15 is 0 Å². The van der Waals surface area contributed by atoms with Crippen LogP contribution in [0.4, 0.5) is 0 Å². The molecule has 2 atom stereocenters. The summed E-state index contributed by atoms with van der Waals surface area (Å²) in [5, 5.41) is 13.2. The van der Waals surface area contributed by atoms with Crippen molar-refractivity contribution < 1.29 is 9.90 Å². The molecule has 2 heterocycles. The molecule has 7 heteroatoms. The number of thiophene rings is 1. The summed E-state index contributed by atoms with van der Waals surface area (Å²) in [4.78, 5) is 16.8. The largest absolute Gasteiger partial charge is 0.396 e. The number of halogens is 1. The predicted octanol–water partition coefficient (Wildman–Crippen LogP) is 4.05. The van der Waals surface area contributed by atoms with Crippen molar-refractivity contribution in [1.29, 1.82) is 0 Å². The van der Waals surface area contributed by atoms with Gasteiger partial charge >= 0.3 is 0 Å². The van der Waals surface area contributed by atoms with Crippen LogP contribution in [0.15, 0.2) is 36.4 Å². The van der Waals surface area contributed by atoms with Crippen molar-refractivity contribution in [2.75, 3.05) is 18.1 Å². The summed E-state index contributed by atoms with van der Waals surface area (Å²) < 4.78 is 0.713. The van der Waals surface area contributed by atoms with Crippen molar-refractivity contribution in [3.63, 3.8) is 0 Å². The van der Waals surface area contributed by atoms with Gasteiger partial charge in [0.15, 0.2) is 0 Å². The van der Waals surface area contributed by atoms with Crippen LogP contribution in [-0.2, 0) is 6.42 Å². The number of aliphatic hydroxyl groups excluding tert-OH is 1. The number of amides is 1. The first-order valence-corrected chi connectivity index (χ1v) is 10.9. The highest BCUT2D eigenvalue weighted by Crippen LogP contribution is 2.36. The highest BCUT2D eigenvalue weighted by molar-refractivity contribution is 7.99. The summed E-state index contributed by atoms with van der Waals surface area (Å²) in [6.07, 6.45) is 0.840. The van der Waals surface area contributed by atoms with Crippen LogP contribution in [-0.4, -0.2) is 40.2 Å². The predicted molar refractivity (Wildman–Crippen MR) is 110 cm³/mol. The minimum Gasteiger partial charge on any atom is -0.396 e. The van der Waals surface area contributed by atoms with Crippen LogP contribution < -0.4 is 5.32 Å². The van der Waals surface area contributed by atoms with Gasteiger partial charge in [0, 0.05) is 28.9 Å². The number of hydrogen-bond donors (Lipinski definition) is 3. The molecule has 0 saturated heterocycles. The van der Waals surface area contributed by atoms with Crippen LogP contribution in [0, 0.1) is 0 Å². The Hall–Kier alpha value is -1.47. The topological polar surface area (TPSA) is 65.1 Å². The van der Waals surface area contributed by atoms with Gasteiger partial charge in [-0.3, -0.25) is 4.79 Å². The van der Waals surface area contributed by atoms with E-state index in [2.05, 4.69) is 28.5 Å². The maximum Gasteiger partial charge on any atom is 0.268 e. The standard InChI is InChI=1S/C19H19ClN2O2S2/c20-17-9-12-8-16(22-19(12)26-17)18(24)21-15-7-11-3-1-2-4-13(11)14(15)10-25-6-5-23/h1-4,8-9,14-15,22-23H,5-7,10H2,(H,21,24)/t14-,15+/m0/s1. The molecule has 4 rings (SSSR count). The molecule has 0 bridgehead atoms. The second kappa shape index (κ2) is 7.64. The number of nitrogens with one attached hydrogen (secondary N) is 2. The second-order valence-electron chi connectivity index (χ2n) is 6.41. The summed E-state index contributed by atoms with van der Waals surface area (Å²) in [6, 6.07) is 12.2. The molecule has 1 amide bonds. The molecule has 0 spiro atoms. The minimum absolute atomic E-state index is 0.0658. The lowest BCUT2D eigenvalue weighted by Gasteiger charge is -2.21. The SMILES string of the molecule is O=C(N[C@@H]1Cc2ccccc2[C@@H]1CSCCO)c1cc2cc(Cl)sc2[nH]1. The molecule has 0 fully saturated rings. The molecule has 1 aromatic carbocycles. The number of thioether (sulfide) groups is 1. The monoisotopic (exact) mass is 406 g/mol. The fourth-order valence-electron chi connectivity index (χ4n) is 3.57. The fraction of sp³-hybridized carbons (Fsp3) is 0.316. The smallest absolute Gasteiger partial charge is 0.268 e. The van der Waals surface area contributed by atoms with E-state index in [1.54, 1.807) is 11.8 Å². The molecule has 4 nitrogen and oxygen atoms in total. The van der Waals surface area contributed by atoms with E-state index < -0.39 is 0 Å². The Labute approximate surface area is 165 Å². The number of benzene rings is 1. The van der Waals surface area contributed by atoms with E-state index in [0.29, 0.717) is 15.8 Å². The molecule has 1 aliphatic rings. The third-order valence-corrected chi connectivity index (χ3v) is 7.01. The average Bonchev–Trinajstić information content (AvgIpc) is 3.26. The highest BCUT2D eigenvalue weighted by Gasteiger charge is 2.33. The van der Waals surface area contributed by atoms with Gasteiger partial charge in [-0.1, -0.05) is 35.9 Å². The first-order chi connectivity index (χ1) is 12.7. The van der Waals surface area contributed by atoms with Crippen LogP contribution in [0.2, 0.25) is 4.34 Å². The number of aliphatic hydroxyl groups is 1. The van der Waals surface area contributed by atoms with Crippen molar-refractivity contribution in [1.82, 2.24) is 10.3 Å². The zero-order chi connectivity index (χ0) is 18.1. The lowest BCUT2D eigenvalue weighted by atomic mass is 10.0. The van der Waals surface area contributed by atoms with Gasteiger partial charge in [-0.2, -0.15) is 11.8 Å². The molecule has 136 valence electrons. The van der Waals surface area contributed by atoms with Gasteiger partial charge < -0.3 is 15.4 Å². The molecular formula is C19H19ClN2O2S2. The number of H-pyrrole nitrogens is 1. The van der Waals surface area contributed by atoms with E-state index in [1.165, 1.54) is 22.5 Å². The minimum atomic E-state index is -0.0838. The number of hydrogen-bond acceptors (Lipinski definition) is 4. The Morgan fingerprint density at radius 1 is 1.38 bits per heavy atom. The summed E-state index contributed by atoms with van der Waals surface area (Å²) in [6.45, 7) is 0.178. The zero-order valence-corrected chi connectivity index (χ0v) is 16.4. The quantitative estimate of drug-likeness (QED) is 0.541. The average molecular weight is 407 g/mol. The molecule has 1 aliphatic carbocycles. The van der Waals surface area contributed by atoms with Crippen molar-refractivity contribution in [3.8, 4) is 0 Å². The van der Waals surface area contributed by atoms with E-state index in [-0.39, 0.29) is 24.5 Å². The Kier molecular flexibility index (Phi) is 5.27. The van der Waals surface area contributed by atoms with Gasteiger partial charge in [0.25, 0.3) is 5.91 Å². The summed E-state index contributed by atoms with van der Waals surface area (Å²) >= 11 is 9.17. The Bertz CT molecular complexity index is 905. The summed E-state index contributed by atoms with van der Waals surface area (Å²) in [5.74, 6) is 1.78. The number of fused-ring (bicyclic) bond motifs is 2. The number of carbonyl (C=O) groups is 1. The maximum atomic E-state index is 12.8. The number of carbonyl (C=O) groups excluding carboxylic acids is 1. The van der Waals surface area contributed by atoms with Crippen LogP contribution in [0.25, 0.3) is 10.2 Å². The lowest BCUT2D eigenvalue weighted by Crippen LogP contribution is -2.38. The fourth-order valence-corrected chi connectivity index (χ4v) is 5.66. The van der Waals surface area contributed by atoms with Crippen molar-refractivity contribution in [2.45, 2.75) is 18.4 Å². The van der Waals surface area contributed by atoms with Crippen LogP contribution in [0.1, 0.15) is 27.5 Å². The molecule has 2 aromatic heterocycles. The van der Waals surface area contributed by atoms with Crippen LogP contribution >= 0.6 is 34.7 Å². The normalized spacial score (nSPS) is 19.0.